The summed E-state index contributed by atoms with van der Waals surface area (Å²) in [6.45, 7) is 10.8. The minimum absolute atomic E-state index is 1.32. The lowest BCUT2D eigenvalue weighted by Crippen LogP contribution is -2.27. The van der Waals surface area contributed by atoms with Crippen molar-refractivity contribution in [1.82, 2.24) is 4.90 Å². The first kappa shape index (κ1) is 20.3. The Hall–Kier alpha value is 0.01000. The summed E-state index contributed by atoms with van der Waals surface area (Å²) >= 11 is 0. The third-order valence-electron chi connectivity index (χ3n) is 2.48. The van der Waals surface area contributed by atoms with Crippen molar-refractivity contribution in [2.45, 2.75) is 59.3 Å². The monoisotopic (exact) mass is 287 g/mol. The first-order valence-corrected chi connectivity index (χ1v) is 8.23. The molecule has 0 saturated carbocycles. The summed E-state index contributed by atoms with van der Waals surface area (Å²) in [7, 11) is -5.64. The van der Waals surface area contributed by atoms with Crippen LogP contribution in [0.4, 0.5) is 8.39 Å². The van der Waals surface area contributed by atoms with Gasteiger partial charge in [-0.1, -0.05) is 40.0 Å². The molecule has 3 nitrogen and oxygen atoms in total. The number of rotatable bonds is 9. The molecule has 0 heterocycles. The molecule has 0 radical (unpaired) electrons. The Morgan fingerprint density at radius 3 is 1.28 bits per heavy atom. The van der Waals surface area contributed by atoms with Crippen LogP contribution >= 0.6 is 7.99 Å². The van der Waals surface area contributed by atoms with Gasteiger partial charge in [0.05, 0.1) is 0 Å². The molecule has 0 atom stereocenters. The summed E-state index contributed by atoms with van der Waals surface area (Å²) in [6.07, 6.45) is 8.09. The van der Waals surface area contributed by atoms with Crippen molar-refractivity contribution < 1.29 is 17.9 Å². The molecule has 0 bridgehead atoms. The highest BCUT2D eigenvalue weighted by atomic mass is 31.2. The first-order chi connectivity index (χ1) is 8.35. The maximum Gasteiger partial charge on any atom is 0.549 e. The lowest BCUT2D eigenvalue weighted by Gasteiger charge is -2.21. The minimum Gasteiger partial charge on any atom is -0.303 e. The van der Waals surface area contributed by atoms with Gasteiger partial charge in [0.25, 0.3) is 0 Å². The lowest BCUT2D eigenvalue weighted by atomic mass is 10.2. The van der Waals surface area contributed by atoms with E-state index in [1.54, 1.807) is 0 Å². The lowest BCUT2D eigenvalue weighted by molar-refractivity contribution is 0.261. The second-order valence-electron chi connectivity index (χ2n) is 4.34. The highest BCUT2D eigenvalue weighted by Gasteiger charge is 2.09. The molecule has 0 aromatic heterocycles. The van der Waals surface area contributed by atoms with E-state index in [-0.39, 0.29) is 0 Å². The molecule has 0 unspecified atom stereocenters. The van der Waals surface area contributed by atoms with Gasteiger partial charge in [0.2, 0.25) is 0 Å². The predicted molar refractivity (Wildman–Crippen MR) is 73.2 cm³/mol. The fraction of sp³-hybridized carbons (Fsp3) is 1.00. The average molecular weight is 287 g/mol. The predicted octanol–water partition coefficient (Wildman–Crippen LogP) is 4.71. The Balaban J connectivity index is 0. The van der Waals surface area contributed by atoms with Crippen molar-refractivity contribution in [3.05, 3.63) is 0 Å². The van der Waals surface area contributed by atoms with Crippen molar-refractivity contribution in [2.75, 3.05) is 19.6 Å². The van der Waals surface area contributed by atoms with Crippen molar-refractivity contribution in [3.63, 3.8) is 0 Å². The minimum atomic E-state index is -5.64. The second kappa shape index (κ2) is 13.4. The Bertz CT molecular complexity index is 185. The van der Waals surface area contributed by atoms with Crippen LogP contribution < -0.4 is 0 Å². The Labute approximate surface area is 110 Å². The summed E-state index contributed by atoms with van der Waals surface area (Å²) in [4.78, 5) is 9.38. The third-order valence-corrected chi connectivity index (χ3v) is 2.48. The van der Waals surface area contributed by atoms with Crippen LogP contribution in [-0.4, -0.2) is 29.4 Å². The third kappa shape index (κ3) is 25.0. The summed E-state index contributed by atoms with van der Waals surface area (Å²) in [6, 6.07) is 0. The van der Waals surface area contributed by atoms with Crippen molar-refractivity contribution >= 4 is 7.99 Å². The van der Waals surface area contributed by atoms with Crippen LogP contribution in [0.3, 0.4) is 0 Å². The molecule has 0 fully saturated rings. The van der Waals surface area contributed by atoms with E-state index in [1.165, 1.54) is 58.2 Å². The Morgan fingerprint density at radius 1 is 0.889 bits per heavy atom. The van der Waals surface area contributed by atoms with E-state index in [4.69, 9.17) is 9.46 Å². The van der Waals surface area contributed by atoms with Gasteiger partial charge < -0.3 is 4.90 Å². The van der Waals surface area contributed by atoms with Gasteiger partial charge in [-0.3, -0.25) is 4.89 Å². The molecular formula is C12H28F2NO2P. The van der Waals surface area contributed by atoms with E-state index in [9.17, 15) is 8.39 Å². The number of hydrogen-bond acceptors (Lipinski definition) is 2. The molecule has 0 spiro atoms. The Morgan fingerprint density at radius 2 is 1.11 bits per heavy atom. The summed E-state index contributed by atoms with van der Waals surface area (Å²) < 4.78 is 28.7. The summed E-state index contributed by atoms with van der Waals surface area (Å²) in [5.74, 6) is 0. The zero-order valence-electron chi connectivity index (χ0n) is 11.9. The molecule has 0 aliphatic heterocycles. The van der Waals surface area contributed by atoms with Gasteiger partial charge in [-0.15, -0.1) is 8.39 Å². The number of halogens is 2. The number of unbranched alkanes of at least 4 members (excludes halogenated alkanes) is 3. The van der Waals surface area contributed by atoms with E-state index in [0.29, 0.717) is 0 Å². The van der Waals surface area contributed by atoms with Gasteiger partial charge in [0.15, 0.2) is 0 Å². The van der Waals surface area contributed by atoms with Crippen LogP contribution in [-0.2, 0) is 4.57 Å². The topological polar surface area (TPSA) is 40.5 Å². The molecular weight excluding hydrogens is 259 g/mol. The van der Waals surface area contributed by atoms with Crippen molar-refractivity contribution in [1.29, 1.82) is 0 Å². The molecule has 18 heavy (non-hydrogen) atoms. The molecule has 0 saturated heterocycles. The van der Waals surface area contributed by atoms with Crippen LogP contribution in [0.15, 0.2) is 0 Å². The van der Waals surface area contributed by atoms with Crippen LogP contribution in [0.1, 0.15) is 59.3 Å². The standard InChI is InChI=1S/C12H27N.F2HO2P/c1-4-7-10-13(11-8-5-2)12-9-6-3;1-5(2,3)4/h4-12H2,1-3H3;(H,3,4). The van der Waals surface area contributed by atoms with Gasteiger partial charge in [-0.25, -0.2) is 4.57 Å². The van der Waals surface area contributed by atoms with Gasteiger partial charge in [0, 0.05) is 0 Å². The molecule has 112 valence electrons. The fourth-order valence-corrected chi connectivity index (χ4v) is 1.48. The maximum absolute atomic E-state index is 10.1. The van der Waals surface area contributed by atoms with Crippen LogP contribution in [0.25, 0.3) is 0 Å². The quantitative estimate of drug-likeness (QED) is 0.624. The van der Waals surface area contributed by atoms with Gasteiger partial charge >= 0.3 is 7.99 Å². The molecule has 0 aliphatic rings. The smallest absolute Gasteiger partial charge is 0.303 e. The second-order valence-corrected chi connectivity index (χ2v) is 5.21. The van der Waals surface area contributed by atoms with Gasteiger partial charge in [-0.05, 0) is 38.9 Å². The highest BCUT2D eigenvalue weighted by Crippen LogP contribution is 2.43. The van der Waals surface area contributed by atoms with E-state index in [1.807, 2.05) is 0 Å². The normalized spacial score (nSPS) is 11.3. The number of hydrogen-bond donors (Lipinski definition) is 1. The molecule has 0 aromatic rings. The van der Waals surface area contributed by atoms with E-state index < -0.39 is 7.99 Å². The van der Waals surface area contributed by atoms with Gasteiger partial charge in [-0.2, -0.15) is 0 Å². The van der Waals surface area contributed by atoms with Gasteiger partial charge in [0.1, 0.15) is 0 Å². The maximum atomic E-state index is 10.1. The van der Waals surface area contributed by atoms with Crippen LogP contribution in [0, 0.1) is 0 Å². The first-order valence-electron chi connectivity index (χ1n) is 6.79. The highest BCUT2D eigenvalue weighted by molar-refractivity contribution is 7.46. The SMILES string of the molecule is CCCCN(CCCC)CCCC.O=P(O)(F)F. The Kier molecular flexibility index (Phi) is 15.2. The average Bonchev–Trinajstić information content (AvgIpc) is 2.26. The number of nitrogens with zero attached hydrogens (tertiary/aromatic N) is 1. The summed E-state index contributed by atoms with van der Waals surface area (Å²) in [5, 5.41) is 0. The molecule has 0 aromatic carbocycles. The van der Waals surface area contributed by atoms with Crippen molar-refractivity contribution in [2.24, 2.45) is 0 Å². The van der Waals surface area contributed by atoms with Crippen molar-refractivity contribution in [3.8, 4) is 0 Å². The van der Waals surface area contributed by atoms with Crippen LogP contribution in [0.2, 0.25) is 0 Å². The zero-order chi connectivity index (χ0) is 14.4. The molecule has 1 N–H and O–H groups in total. The molecule has 0 amide bonds. The molecule has 0 aliphatic carbocycles. The molecule has 0 rings (SSSR count). The summed E-state index contributed by atoms with van der Waals surface area (Å²) in [5.41, 5.74) is 0. The van der Waals surface area contributed by atoms with E-state index in [0.717, 1.165) is 0 Å². The van der Waals surface area contributed by atoms with E-state index in [2.05, 4.69) is 25.7 Å². The molecule has 6 heteroatoms. The zero-order valence-corrected chi connectivity index (χ0v) is 12.8. The largest absolute Gasteiger partial charge is 0.549 e. The van der Waals surface area contributed by atoms with E-state index >= 15 is 0 Å². The fourth-order valence-electron chi connectivity index (χ4n) is 1.48. The van der Waals surface area contributed by atoms with Crippen LogP contribution in [0.5, 0.6) is 0 Å².